The SMILES string of the molecule is O=C(Nc1cc(N2CCCC2)ncn1)NC12CC3CC(CC(C3)C1)C2. The highest BCUT2D eigenvalue weighted by Crippen LogP contribution is 2.55. The summed E-state index contributed by atoms with van der Waals surface area (Å²) in [5, 5.41) is 6.29. The van der Waals surface area contributed by atoms with E-state index in [9.17, 15) is 4.79 Å². The summed E-state index contributed by atoms with van der Waals surface area (Å²) in [6.07, 6.45) is 11.6. The summed E-state index contributed by atoms with van der Waals surface area (Å²) in [6.45, 7) is 2.08. The number of urea groups is 1. The maximum absolute atomic E-state index is 12.6. The van der Waals surface area contributed by atoms with Gasteiger partial charge in [0.05, 0.1) is 0 Å². The zero-order chi connectivity index (χ0) is 16.9. The average molecular weight is 341 g/mol. The third-order valence-corrected chi connectivity index (χ3v) is 6.74. The van der Waals surface area contributed by atoms with Gasteiger partial charge in [-0.1, -0.05) is 0 Å². The third kappa shape index (κ3) is 2.96. The number of carbonyl (C=O) groups excluding carboxylic acids is 1. The molecule has 4 aliphatic carbocycles. The predicted octanol–water partition coefficient (Wildman–Crippen LogP) is 3.17. The van der Waals surface area contributed by atoms with Crippen molar-refractivity contribution in [2.24, 2.45) is 17.8 Å². The molecule has 2 N–H and O–H groups in total. The molecule has 5 aliphatic rings. The zero-order valence-corrected chi connectivity index (χ0v) is 14.7. The van der Waals surface area contributed by atoms with Crippen molar-refractivity contribution in [3.05, 3.63) is 12.4 Å². The molecule has 1 aromatic rings. The molecule has 1 aromatic heterocycles. The Hall–Kier alpha value is -1.85. The van der Waals surface area contributed by atoms with E-state index in [-0.39, 0.29) is 11.6 Å². The maximum Gasteiger partial charge on any atom is 0.320 e. The fourth-order valence-corrected chi connectivity index (χ4v) is 6.19. The van der Waals surface area contributed by atoms with Gasteiger partial charge in [-0.05, 0) is 69.1 Å². The molecule has 2 heterocycles. The molecule has 134 valence electrons. The van der Waals surface area contributed by atoms with Crippen molar-refractivity contribution in [2.45, 2.75) is 56.9 Å². The van der Waals surface area contributed by atoms with Crippen molar-refractivity contribution in [3.8, 4) is 0 Å². The van der Waals surface area contributed by atoms with E-state index in [1.54, 1.807) is 6.33 Å². The summed E-state index contributed by atoms with van der Waals surface area (Å²) in [5.41, 5.74) is 0.0314. The summed E-state index contributed by atoms with van der Waals surface area (Å²) >= 11 is 0. The van der Waals surface area contributed by atoms with Gasteiger partial charge in [-0.15, -0.1) is 0 Å². The van der Waals surface area contributed by atoms with Crippen molar-refractivity contribution in [1.82, 2.24) is 15.3 Å². The molecular weight excluding hydrogens is 314 g/mol. The minimum atomic E-state index is -0.104. The Balaban J connectivity index is 1.26. The molecule has 0 spiro atoms. The van der Waals surface area contributed by atoms with Crippen molar-refractivity contribution in [1.29, 1.82) is 0 Å². The van der Waals surface area contributed by atoms with Gasteiger partial charge in [-0.25, -0.2) is 14.8 Å². The second kappa shape index (κ2) is 5.85. The molecule has 0 aromatic carbocycles. The Morgan fingerprint density at radius 3 is 2.32 bits per heavy atom. The van der Waals surface area contributed by atoms with Gasteiger partial charge >= 0.3 is 6.03 Å². The number of hydrogen-bond donors (Lipinski definition) is 2. The number of nitrogens with one attached hydrogen (secondary N) is 2. The topological polar surface area (TPSA) is 70.2 Å². The minimum absolute atomic E-state index is 0.0314. The number of anilines is 2. The first-order chi connectivity index (χ1) is 12.2. The molecule has 2 amide bonds. The fraction of sp³-hybridized carbons (Fsp3) is 0.737. The van der Waals surface area contributed by atoms with E-state index in [4.69, 9.17) is 0 Å². The highest BCUT2D eigenvalue weighted by atomic mass is 16.2. The molecule has 0 unspecified atom stereocenters. The van der Waals surface area contributed by atoms with E-state index in [1.807, 2.05) is 6.07 Å². The smallest absolute Gasteiger partial charge is 0.320 e. The Kier molecular flexibility index (Phi) is 3.61. The second-order valence-electron chi connectivity index (χ2n) is 8.73. The van der Waals surface area contributed by atoms with Crippen LogP contribution >= 0.6 is 0 Å². The van der Waals surface area contributed by atoms with Gasteiger partial charge in [-0.3, -0.25) is 5.32 Å². The van der Waals surface area contributed by atoms with Gasteiger partial charge in [0.25, 0.3) is 0 Å². The van der Waals surface area contributed by atoms with Gasteiger partial charge in [-0.2, -0.15) is 0 Å². The van der Waals surface area contributed by atoms with Crippen LogP contribution in [0.2, 0.25) is 0 Å². The van der Waals surface area contributed by atoms with E-state index in [0.717, 1.165) is 55.9 Å². The van der Waals surface area contributed by atoms with Crippen molar-refractivity contribution in [3.63, 3.8) is 0 Å². The van der Waals surface area contributed by atoms with Gasteiger partial charge in [0.15, 0.2) is 0 Å². The van der Waals surface area contributed by atoms with Gasteiger partial charge in [0.2, 0.25) is 0 Å². The molecule has 25 heavy (non-hydrogen) atoms. The maximum atomic E-state index is 12.6. The van der Waals surface area contributed by atoms with E-state index in [0.29, 0.717) is 5.82 Å². The van der Waals surface area contributed by atoms with Crippen LogP contribution in [0, 0.1) is 17.8 Å². The number of nitrogens with zero attached hydrogens (tertiary/aromatic N) is 3. The van der Waals surface area contributed by atoms with E-state index >= 15 is 0 Å². The van der Waals surface area contributed by atoms with Gasteiger partial charge < -0.3 is 10.2 Å². The number of amides is 2. The van der Waals surface area contributed by atoms with Crippen LogP contribution in [0.5, 0.6) is 0 Å². The monoisotopic (exact) mass is 341 g/mol. The Bertz CT molecular complexity index is 634. The fourth-order valence-electron chi connectivity index (χ4n) is 6.19. The van der Waals surface area contributed by atoms with Crippen LogP contribution < -0.4 is 15.5 Å². The van der Waals surface area contributed by atoms with Gasteiger partial charge in [0, 0.05) is 24.7 Å². The first-order valence-corrected chi connectivity index (χ1v) is 9.84. The Labute approximate surface area is 148 Å². The lowest BCUT2D eigenvalue weighted by atomic mass is 9.53. The lowest BCUT2D eigenvalue weighted by Gasteiger charge is -2.56. The van der Waals surface area contributed by atoms with Crippen LogP contribution in [0.4, 0.5) is 16.4 Å². The van der Waals surface area contributed by atoms with E-state index in [1.165, 1.54) is 32.1 Å². The van der Waals surface area contributed by atoms with Crippen LogP contribution in [0.15, 0.2) is 12.4 Å². The molecule has 1 saturated heterocycles. The molecule has 1 aliphatic heterocycles. The normalized spacial score (nSPS) is 35.8. The summed E-state index contributed by atoms with van der Waals surface area (Å²) in [7, 11) is 0. The highest BCUT2D eigenvalue weighted by Gasteiger charge is 2.51. The second-order valence-corrected chi connectivity index (χ2v) is 8.73. The number of aromatic nitrogens is 2. The summed E-state index contributed by atoms with van der Waals surface area (Å²) in [6, 6.07) is 1.79. The first-order valence-electron chi connectivity index (χ1n) is 9.84. The molecule has 0 atom stereocenters. The van der Waals surface area contributed by atoms with E-state index in [2.05, 4.69) is 25.5 Å². The molecule has 5 fully saturated rings. The quantitative estimate of drug-likeness (QED) is 0.886. The van der Waals surface area contributed by atoms with Crippen molar-refractivity contribution >= 4 is 17.7 Å². The largest absolute Gasteiger partial charge is 0.356 e. The molecule has 0 radical (unpaired) electrons. The third-order valence-electron chi connectivity index (χ3n) is 6.74. The standard InChI is InChI=1S/C19H27N5O/c25-18(22-16-8-17(21-12-20-16)24-3-1-2-4-24)23-19-9-13-5-14(10-19)7-15(6-13)11-19/h8,12-15H,1-7,9-11H2,(H2,20,21,22,23,25). The van der Waals surface area contributed by atoms with Crippen LogP contribution in [0.25, 0.3) is 0 Å². The van der Waals surface area contributed by atoms with Crippen LogP contribution in [-0.4, -0.2) is 34.6 Å². The number of carbonyl (C=O) groups is 1. The van der Waals surface area contributed by atoms with Crippen LogP contribution in [-0.2, 0) is 0 Å². The number of rotatable bonds is 3. The molecule has 6 rings (SSSR count). The van der Waals surface area contributed by atoms with E-state index < -0.39 is 0 Å². The summed E-state index contributed by atoms with van der Waals surface area (Å²) in [5.74, 6) is 3.99. The molecule has 4 saturated carbocycles. The lowest BCUT2D eigenvalue weighted by Crippen LogP contribution is -2.60. The Morgan fingerprint density at radius 1 is 1.04 bits per heavy atom. The molecular formula is C19H27N5O. The molecule has 6 nitrogen and oxygen atoms in total. The highest BCUT2D eigenvalue weighted by molar-refractivity contribution is 5.89. The van der Waals surface area contributed by atoms with Crippen molar-refractivity contribution < 1.29 is 4.79 Å². The minimum Gasteiger partial charge on any atom is -0.356 e. The van der Waals surface area contributed by atoms with Crippen LogP contribution in [0.3, 0.4) is 0 Å². The summed E-state index contributed by atoms with van der Waals surface area (Å²) < 4.78 is 0. The first kappa shape index (κ1) is 15.4. The van der Waals surface area contributed by atoms with Gasteiger partial charge in [0.1, 0.15) is 18.0 Å². The lowest BCUT2D eigenvalue weighted by molar-refractivity contribution is -0.0127. The predicted molar refractivity (Wildman–Crippen MR) is 96.5 cm³/mol. The summed E-state index contributed by atoms with van der Waals surface area (Å²) in [4.78, 5) is 23.5. The number of hydrogen-bond acceptors (Lipinski definition) is 4. The average Bonchev–Trinajstić information content (AvgIpc) is 3.07. The molecule has 6 heteroatoms. The Morgan fingerprint density at radius 2 is 1.68 bits per heavy atom. The molecule has 4 bridgehead atoms. The zero-order valence-electron chi connectivity index (χ0n) is 14.7. The van der Waals surface area contributed by atoms with Crippen LogP contribution in [0.1, 0.15) is 51.4 Å². The van der Waals surface area contributed by atoms with Crippen molar-refractivity contribution in [2.75, 3.05) is 23.3 Å².